The fourth-order valence-corrected chi connectivity index (χ4v) is 3.91. The second-order valence-electron chi connectivity index (χ2n) is 6.91. The third kappa shape index (κ3) is 3.18. The van der Waals surface area contributed by atoms with Gasteiger partial charge in [-0.1, -0.05) is 97.1 Å². The summed E-state index contributed by atoms with van der Waals surface area (Å²) < 4.78 is 2.26. The van der Waals surface area contributed by atoms with E-state index in [4.69, 9.17) is 4.98 Å². The van der Waals surface area contributed by atoms with E-state index in [1.165, 1.54) is 16.7 Å². The molecule has 2 nitrogen and oxygen atoms in total. The van der Waals surface area contributed by atoms with E-state index in [1.807, 2.05) is 12.4 Å². The number of allylic oxidation sites excluding steroid dienone is 1. The minimum absolute atomic E-state index is 0.483. The van der Waals surface area contributed by atoms with Crippen LogP contribution in [0.4, 0.5) is 0 Å². The Morgan fingerprint density at radius 2 is 1.21 bits per heavy atom. The lowest BCUT2D eigenvalue weighted by atomic mass is 9.77. The van der Waals surface area contributed by atoms with E-state index in [0.717, 1.165) is 18.5 Å². The molecule has 0 N–H and O–H groups in total. The second kappa shape index (κ2) is 8.10. The second-order valence-corrected chi connectivity index (χ2v) is 6.91. The van der Waals surface area contributed by atoms with E-state index in [1.54, 1.807) is 0 Å². The van der Waals surface area contributed by atoms with Crippen LogP contribution in [-0.4, -0.2) is 9.55 Å². The van der Waals surface area contributed by atoms with Crippen molar-refractivity contribution >= 4 is 0 Å². The first-order chi connectivity index (χ1) is 13.9. The van der Waals surface area contributed by atoms with Crippen LogP contribution in [0.1, 0.15) is 28.8 Å². The smallest absolute Gasteiger partial charge is 0.121 e. The molecule has 0 saturated carbocycles. The van der Waals surface area contributed by atoms with Gasteiger partial charge in [-0.2, -0.15) is 0 Å². The average Bonchev–Trinajstić information content (AvgIpc) is 3.24. The van der Waals surface area contributed by atoms with Crippen molar-refractivity contribution in [3.63, 3.8) is 0 Å². The number of nitrogens with zero attached hydrogens (tertiary/aromatic N) is 2. The molecule has 1 heterocycles. The summed E-state index contributed by atoms with van der Waals surface area (Å²) in [6.07, 6.45) is 7.90. The first-order valence-corrected chi connectivity index (χ1v) is 9.66. The van der Waals surface area contributed by atoms with Crippen LogP contribution < -0.4 is 0 Å². The van der Waals surface area contributed by atoms with E-state index in [9.17, 15) is 0 Å². The van der Waals surface area contributed by atoms with Crippen LogP contribution in [0, 0.1) is 0 Å². The average molecular weight is 364 g/mol. The van der Waals surface area contributed by atoms with Gasteiger partial charge in [0.15, 0.2) is 0 Å². The molecule has 0 unspecified atom stereocenters. The number of benzene rings is 3. The Bertz CT molecular complexity index is 921. The van der Waals surface area contributed by atoms with Crippen LogP contribution in [0.3, 0.4) is 0 Å². The zero-order valence-corrected chi connectivity index (χ0v) is 15.9. The third-order valence-electron chi connectivity index (χ3n) is 5.20. The molecule has 2 heteroatoms. The van der Waals surface area contributed by atoms with Gasteiger partial charge < -0.3 is 4.57 Å². The Morgan fingerprint density at radius 3 is 1.64 bits per heavy atom. The fourth-order valence-electron chi connectivity index (χ4n) is 3.91. The van der Waals surface area contributed by atoms with Crippen LogP contribution in [-0.2, 0) is 12.0 Å². The van der Waals surface area contributed by atoms with E-state index < -0.39 is 5.54 Å². The number of aromatic nitrogens is 2. The van der Waals surface area contributed by atoms with Crippen LogP contribution in [0.2, 0.25) is 0 Å². The quantitative estimate of drug-likeness (QED) is 0.297. The van der Waals surface area contributed by atoms with Crippen molar-refractivity contribution in [3.8, 4) is 0 Å². The maximum Gasteiger partial charge on any atom is 0.121 e. The van der Waals surface area contributed by atoms with Crippen LogP contribution in [0.25, 0.3) is 0 Å². The first-order valence-electron chi connectivity index (χ1n) is 9.66. The number of rotatable bonds is 7. The normalized spacial score (nSPS) is 11.3. The Hall–Kier alpha value is -3.39. The minimum atomic E-state index is -0.483. The van der Waals surface area contributed by atoms with Crippen molar-refractivity contribution in [3.05, 3.63) is 139 Å². The molecular formula is C26H24N2. The van der Waals surface area contributed by atoms with Crippen molar-refractivity contribution in [2.45, 2.75) is 18.4 Å². The third-order valence-corrected chi connectivity index (χ3v) is 5.20. The number of hydrogen-bond donors (Lipinski definition) is 0. The van der Waals surface area contributed by atoms with Gasteiger partial charge in [-0.3, -0.25) is 0 Å². The van der Waals surface area contributed by atoms with Crippen LogP contribution in [0.5, 0.6) is 0 Å². The molecule has 138 valence electrons. The molecule has 0 spiro atoms. The summed E-state index contributed by atoms with van der Waals surface area (Å²) >= 11 is 0. The SMILES string of the molecule is C=CCCc1cn(C(c2ccccc2)(c2ccccc2)c2ccccc2)cn1. The zero-order valence-electron chi connectivity index (χ0n) is 15.9. The molecule has 0 aliphatic rings. The van der Waals surface area contributed by atoms with Gasteiger partial charge >= 0.3 is 0 Å². The summed E-state index contributed by atoms with van der Waals surface area (Å²) in [4.78, 5) is 4.71. The van der Waals surface area contributed by atoms with Gasteiger partial charge in [0.2, 0.25) is 0 Å². The van der Waals surface area contributed by atoms with Gasteiger partial charge in [-0.15, -0.1) is 6.58 Å². The summed E-state index contributed by atoms with van der Waals surface area (Å²) in [5, 5.41) is 0. The lowest BCUT2D eigenvalue weighted by Gasteiger charge is -2.37. The summed E-state index contributed by atoms with van der Waals surface area (Å²) in [5.41, 5.74) is 4.22. The van der Waals surface area contributed by atoms with Crippen molar-refractivity contribution in [2.75, 3.05) is 0 Å². The predicted octanol–water partition coefficient (Wildman–Crippen LogP) is 5.84. The Balaban J connectivity index is 2.01. The lowest BCUT2D eigenvalue weighted by molar-refractivity contribution is 0.514. The van der Waals surface area contributed by atoms with E-state index in [2.05, 4.69) is 108 Å². The van der Waals surface area contributed by atoms with Gasteiger partial charge in [0, 0.05) is 6.20 Å². The molecule has 0 aliphatic carbocycles. The Kier molecular flexibility index (Phi) is 5.20. The van der Waals surface area contributed by atoms with Gasteiger partial charge in [0.05, 0.1) is 12.0 Å². The van der Waals surface area contributed by atoms with Gasteiger partial charge in [0.1, 0.15) is 5.54 Å². The zero-order chi connectivity index (χ0) is 19.2. The minimum Gasteiger partial charge on any atom is -0.319 e. The van der Waals surface area contributed by atoms with Crippen molar-refractivity contribution < 1.29 is 0 Å². The predicted molar refractivity (Wildman–Crippen MR) is 115 cm³/mol. The molecule has 0 atom stereocenters. The van der Waals surface area contributed by atoms with Gasteiger partial charge in [0.25, 0.3) is 0 Å². The first kappa shape index (κ1) is 18.0. The molecule has 4 aromatic rings. The molecule has 0 amide bonds. The summed E-state index contributed by atoms with van der Waals surface area (Å²) in [7, 11) is 0. The van der Waals surface area contributed by atoms with E-state index in [-0.39, 0.29) is 0 Å². The number of hydrogen-bond acceptors (Lipinski definition) is 1. The number of imidazole rings is 1. The highest BCUT2D eigenvalue weighted by Crippen LogP contribution is 2.40. The largest absolute Gasteiger partial charge is 0.319 e. The number of aryl methyl sites for hydroxylation is 1. The molecule has 0 bridgehead atoms. The Morgan fingerprint density at radius 1 is 0.750 bits per heavy atom. The highest BCUT2D eigenvalue weighted by Gasteiger charge is 2.38. The molecular weight excluding hydrogens is 340 g/mol. The molecule has 28 heavy (non-hydrogen) atoms. The molecule has 1 aromatic heterocycles. The summed E-state index contributed by atoms with van der Waals surface area (Å²) in [6, 6.07) is 32.0. The van der Waals surface area contributed by atoms with Crippen LogP contribution >= 0.6 is 0 Å². The Labute approximate surface area is 166 Å². The molecule has 3 aromatic carbocycles. The molecule has 0 aliphatic heterocycles. The molecule has 4 rings (SSSR count). The van der Waals surface area contributed by atoms with Crippen LogP contribution in [0.15, 0.2) is 116 Å². The topological polar surface area (TPSA) is 17.8 Å². The van der Waals surface area contributed by atoms with E-state index in [0.29, 0.717) is 0 Å². The summed E-state index contributed by atoms with van der Waals surface area (Å²) in [6.45, 7) is 3.84. The fraction of sp³-hybridized carbons (Fsp3) is 0.115. The van der Waals surface area contributed by atoms with Crippen molar-refractivity contribution in [2.24, 2.45) is 0 Å². The van der Waals surface area contributed by atoms with E-state index >= 15 is 0 Å². The standard InChI is InChI=1S/C26H24N2/c1-2-3-19-25-20-28(21-27-25)26(22-13-7-4-8-14-22,23-15-9-5-10-16-23)24-17-11-6-12-18-24/h2,4-18,20-21H,1,3,19H2. The molecule has 0 radical (unpaired) electrons. The molecule has 0 fully saturated rings. The monoisotopic (exact) mass is 364 g/mol. The maximum absolute atomic E-state index is 4.71. The van der Waals surface area contributed by atoms with Crippen molar-refractivity contribution in [1.29, 1.82) is 0 Å². The summed E-state index contributed by atoms with van der Waals surface area (Å²) in [5.74, 6) is 0. The van der Waals surface area contributed by atoms with Crippen molar-refractivity contribution in [1.82, 2.24) is 9.55 Å². The van der Waals surface area contributed by atoms with Gasteiger partial charge in [-0.05, 0) is 29.5 Å². The highest BCUT2D eigenvalue weighted by atomic mass is 15.1. The molecule has 0 saturated heterocycles. The maximum atomic E-state index is 4.71. The lowest BCUT2D eigenvalue weighted by Crippen LogP contribution is -2.36. The highest BCUT2D eigenvalue weighted by molar-refractivity contribution is 5.50. The van der Waals surface area contributed by atoms with Gasteiger partial charge in [-0.25, -0.2) is 4.98 Å².